The predicted molar refractivity (Wildman–Crippen MR) is 105 cm³/mol. The Kier molecular flexibility index (Phi) is 4.79. The molecule has 0 amide bonds. The van der Waals surface area contributed by atoms with E-state index in [4.69, 9.17) is 26.1 Å². The summed E-state index contributed by atoms with van der Waals surface area (Å²) in [7, 11) is 3.19. The topological polar surface area (TPSA) is 52.8 Å². The molecule has 0 unspecified atom stereocenters. The normalized spacial score (nSPS) is 15.3. The number of carbonyl (C=O) groups is 1. The predicted octanol–water partition coefficient (Wildman–Crippen LogP) is 4.90. The quantitative estimate of drug-likeness (QED) is 0.642. The van der Waals surface area contributed by atoms with Gasteiger partial charge in [0.2, 0.25) is 0 Å². The van der Waals surface area contributed by atoms with Crippen molar-refractivity contribution in [3.63, 3.8) is 0 Å². The number of rotatable bonds is 4. The average Bonchev–Trinajstić information content (AvgIpc) is 3.11. The van der Waals surface area contributed by atoms with Crippen LogP contribution >= 0.6 is 11.6 Å². The highest BCUT2D eigenvalue weighted by Crippen LogP contribution is 2.38. The van der Waals surface area contributed by atoms with E-state index in [1.54, 1.807) is 20.3 Å². The van der Waals surface area contributed by atoms with Gasteiger partial charge in [-0.3, -0.25) is 4.79 Å². The Hall–Kier alpha value is -2.53. The number of nitrogens with zero attached hydrogens (tertiary/aromatic N) is 2. The third kappa shape index (κ3) is 3.39. The highest BCUT2D eigenvalue weighted by Gasteiger charge is 2.21. The van der Waals surface area contributed by atoms with Gasteiger partial charge in [0.15, 0.2) is 0 Å². The zero-order chi connectivity index (χ0) is 19.0. The Bertz CT molecular complexity index is 1000. The first-order valence-electron chi connectivity index (χ1n) is 9.01. The van der Waals surface area contributed by atoms with Crippen LogP contribution in [0.3, 0.4) is 0 Å². The van der Waals surface area contributed by atoms with Gasteiger partial charge in [0.25, 0.3) is 0 Å². The summed E-state index contributed by atoms with van der Waals surface area (Å²) >= 11 is 6.30. The van der Waals surface area contributed by atoms with Crippen LogP contribution < -0.4 is 9.47 Å². The van der Waals surface area contributed by atoms with Crippen molar-refractivity contribution in [3.8, 4) is 22.8 Å². The van der Waals surface area contributed by atoms with E-state index in [2.05, 4.69) is 12.1 Å². The number of ketones is 1. The van der Waals surface area contributed by atoms with Gasteiger partial charge in [-0.15, -0.1) is 0 Å². The van der Waals surface area contributed by atoms with Crippen molar-refractivity contribution in [1.29, 1.82) is 0 Å². The summed E-state index contributed by atoms with van der Waals surface area (Å²) < 4.78 is 12.8. The van der Waals surface area contributed by atoms with Crippen LogP contribution in [-0.2, 0) is 4.79 Å². The first-order valence-corrected chi connectivity index (χ1v) is 9.39. The van der Waals surface area contributed by atoms with E-state index in [0.717, 1.165) is 29.7 Å². The summed E-state index contributed by atoms with van der Waals surface area (Å²) in [5, 5.41) is 0.512. The lowest BCUT2D eigenvalue weighted by atomic mass is 9.84. The molecule has 27 heavy (non-hydrogen) atoms. The number of carbonyl (C=O) groups excluding carboxylic acids is 1. The fraction of sp³-hybridized carbons (Fsp3) is 0.333. The number of Topliss-reactive ketones (excluding diaryl/α,β-unsaturated/α-hetero) is 1. The Morgan fingerprint density at radius 1 is 1.11 bits per heavy atom. The van der Waals surface area contributed by atoms with Crippen molar-refractivity contribution in [2.75, 3.05) is 14.2 Å². The summed E-state index contributed by atoms with van der Waals surface area (Å²) in [4.78, 5) is 16.3. The monoisotopic (exact) mass is 384 g/mol. The van der Waals surface area contributed by atoms with Gasteiger partial charge in [-0.05, 0) is 42.5 Å². The van der Waals surface area contributed by atoms with Crippen molar-refractivity contribution in [3.05, 3.63) is 47.2 Å². The van der Waals surface area contributed by atoms with Crippen LogP contribution in [0.5, 0.6) is 11.5 Å². The molecule has 0 atom stereocenters. The van der Waals surface area contributed by atoms with E-state index in [-0.39, 0.29) is 0 Å². The van der Waals surface area contributed by atoms with E-state index in [1.165, 1.54) is 5.56 Å². The van der Waals surface area contributed by atoms with Gasteiger partial charge >= 0.3 is 0 Å². The summed E-state index contributed by atoms with van der Waals surface area (Å²) in [6.45, 7) is 0. The Morgan fingerprint density at radius 2 is 1.85 bits per heavy atom. The fourth-order valence-corrected chi connectivity index (χ4v) is 3.96. The molecule has 5 nitrogen and oxygen atoms in total. The van der Waals surface area contributed by atoms with Gasteiger partial charge in [-0.2, -0.15) is 0 Å². The highest BCUT2D eigenvalue weighted by atomic mass is 35.5. The molecule has 0 aliphatic heterocycles. The van der Waals surface area contributed by atoms with Crippen LogP contribution in [-0.4, -0.2) is 29.4 Å². The summed E-state index contributed by atoms with van der Waals surface area (Å²) in [5.41, 5.74) is 3.71. The largest absolute Gasteiger partial charge is 0.496 e. The van der Waals surface area contributed by atoms with E-state index in [1.807, 2.05) is 22.9 Å². The van der Waals surface area contributed by atoms with E-state index in [0.29, 0.717) is 41.1 Å². The van der Waals surface area contributed by atoms with Crippen LogP contribution in [0.25, 0.3) is 16.9 Å². The highest BCUT2D eigenvalue weighted by molar-refractivity contribution is 6.32. The molecule has 140 valence electrons. The molecule has 6 heteroatoms. The molecule has 1 aliphatic rings. The number of ether oxygens (including phenoxy) is 2. The Morgan fingerprint density at radius 3 is 2.56 bits per heavy atom. The smallest absolute Gasteiger partial charge is 0.141 e. The summed E-state index contributed by atoms with van der Waals surface area (Å²) in [5.74, 6) is 2.03. The molecule has 0 spiro atoms. The van der Waals surface area contributed by atoms with Crippen LogP contribution in [0.4, 0.5) is 0 Å². The first-order chi connectivity index (χ1) is 13.1. The van der Waals surface area contributed by atoms with Crippen LogP contribution in [0.1, 0.15) is 37.2 Å². The molecule has 0 N–H and O–H groups in total. The number of hydrogen-bond acceptors (Lipinski definition) is 4. The van der Waals surface area contributed by atoms with Crippen molar-refractivity contribution in [2.24, 2.45) is 0 Å². The van der Waals surface area contributed by atoms with Gasteiger partial charge < -0.3 is 13.9 Å². The lowest BCUT2D eigenvalue weighted by molar-refractivity contribution is -0.120. The van der Waals surface area contributed by atoms with Crippen LogP contribution in [0.2, 0.25) is 5.02 Å². The maximum absolute atomic E-state index is 11.5. The Balaban J connectivity index is 1.72. The number of imidazole rings is 1. The molecule has 2 aromatic heterocycles. The Labute approximate surface area is 162 Å². The van der Waals surface area contributed by atoms with Crippen molar-refractivity contribution >= 4 is 23.0 Å². The first kappa shape index (κ1) is 17.9. The maximum Gasteiger partial charge on any atom is 0.141 e. The maximum atomic E-state index is 11.5. The molecular formula is C21H21ClN2O3. The van der Waals surface area contributed by atoms with Gasteiger partial charge in [0, 0.05) is 36.9 Å². The van der Waals surface area contributed by atoms with Crippen LogP contribution in [0.15, 0.2) is 36.7 Å². The average molecular weight is 385 g/mol. The zero-order valence-electron chi connectivity index (χ0n) is 15.4. The van der Waals surface area contributed by atoms with E-state index < -0.39 is 0 Å². The minimum atomic E-state index is 0.374. The van der Waals surface area contributed by atoms with Crippen LogP contribution in [0, 0.1) is 0 Å². The van der Waals surface area contributed by atoms with E-state index in [9.17, 15) is 4.79 Å². The standard InChI is InChI=1S/C21H21ClN2O3/c1-26-19-11-20(27-2)17(22)10-16(19)18-12-24-8-7-14(9-21(24)23-18)13-3-5-15(25)6-4-13/h7-13H,3-6H2,1-2H3. The third-order valence-corrected chi connectivity index (χ3v) is 5.54. The lowest BCUT2D eigenvalue weighted by Gasteiger charge is -2.21. The van der Waals surface area contributed by atoms with E-state index >= 15 is 0 Å². The molecule has 0 bridgehead atoms. The lowest BCUT2D eigenvalue weighted by Crippen LogP contribution is -2.12. The second-order valence-corrected chi connectivity index (χ2v) is 7.26. The molecule has 3 aromatic rings. The minimum Gasteiger partial charge on any atom is -0.496 e. The molecule has 1 fully saturated rings. The summed E-state index contributed by atoms with van der Waals surface area (Å²) in [6.07, 6.45) is 7.18. The SMILES string of the molecule is COc1cc(OC)c(-c2cn3ccc(C4CCC(=O)CC4)cc3n2)cc1Cl. The number of aromatic nitrogens is 2. The number of methoxy groups -OCH3 is 2. The van der Waals surface area contributed by atoms with Gasteiger partial charge in [-0.1, -0.05) is 11.6 Å². The number of benzene rings is 1. The molecule has 2 heterocycles. The minimum absolute atomic E-state index is 0.374. The number of pyridine rings is 1. The zero-order valence-corrected chi connectivity index (χ0v) is 16.1. The van der Waals surface area contributed by atoms with Crippen molar-refractivity contribution in [2.45, 2.75) is 31.6 Å². The fourth-order valence-electron chi connectivity index (χ4n) is 3.71. The molecule has 0 radical (unpaired) electrons. The second kappa shape index (κ2) is 7.24. The molecule has 1 aromatic carbocycles. The van der Waals surface area contributed by atoms with Crippen molar-refractivity contribution < 1.29 is 14.3 Å². The second-order valence-electron chi connectivity index (χ2n) is 6.85. The molecule has 0 saturated heterocycles. The van der Waals surface area contributed by atoms with Crippen molar-refractivity contribution in [1.82, 2.24) is 9.38 Å². The van der Waals surface area contributed by atoms with Gasteiger partial charge in [-0.25, -0.2) is 4.98 Å². The molecule has 1 saturated carbocycles. The third-order valence-electron chi connectivity index (χ3n) is 5.25. The number of halogens is 1. The molecule has 1 aliphatic carbocycles. The summed E-state index contributed by atoms with van der Waals surface area (Å²) in [6, 6.07) is 7.82. The van der Waals surface area contributed by atoms with Gasteiger partial charge in [0.1, 0.15) is 22.9 Å². The molecule has 4 rings (SSSR count). The number of fused-ring (bicyclic) bond motifs is 1. The number of hydrogen-bond donors (Lipinski definition) is 0. The van der Waals surface area contributed by atoms with Gasteiger partial charge in [0.05, 0.1) is 24.9 Å². The molecular weight excluding hydrogens is 364 g/mol.